The lowest BCUT2D eigenvalue weighted by atomic mass is 9.88. The number of ketones is 1. The second-order valence-electron chi connectivity index (χ2n) is 6.17. The Morgan fingerprint density at radius 1 is 0.900 bits per heavy atom. The van der Waals surface area contributed by atoms with Gasteiger partial charge in [-0.25, -0.2) is 0 Å². The van der Waals surface area contributed by atoms with Crippen molar-refractivity contribution in [3.63, 3.8) is 0 Å². The quantitative estimate of drug-likeness (QED) is 0.811. The SMILES string of the molecule is O=C([C@@H]1C[C@H]1c1ccccc1)C1(c2ccccc2)CC1. The smallest absolute Gasteiger partial charge is 0.147 e. The number of benzene rings is 2. The van der Waals surface area contributed by atoms with Crippen LogP contribution in [0.15, 0.2) is 60.7 Å². The largest absolute Gasteiger partial charge is 0.298 e. The molecule has 0 aromatic heterocycles. The van der Waals surface area contributed by atoms with Gasteiger partial charge in [0.15, 0.2) is 0 Å². The molecule has 2 aromatic carbocycles. The molecule has 0 radical (unpaired) electrons. The maximum absolute atomic E-state index is 12.9. The van der Waals surface area contributed by atoms with Crippen molar-refractivity contribution in [1.82, 2.24) is 0 Å². The van der Waals surface area contributed by atoms with Gasteiger partial charge >= 0.3 is 0 Å². The summed E-state index contributed by atoms with van der Waals surface area (Å²) in [5.41, 5.74) is 2.41. The Morgan fingerprint density at radius 3 is 2.10 bits per heavy atom. The van der Waals surface area contributed by atoms with Crippen molar-refractivity contribution < 1.29 is 4.79 Å². The van der Waals surface area contributed by atoms with Crippen molar-refractivity contribution >= 4 is 5.78 Å². The fraction of sp³-hybridized carbons (Fsp3) is 0.316. The lowest BCUT2D eigenvalue weighted by molar-refractivity contribution is -0.122. The molecule has 0 unspecified atom stereocenters. The van der Waals surface area contributed by atoms with Crippen LogP contribution in [0.25, 0.3) is 0 Å². The molecule has 0 heterocycles. The molecule has 0 saturated heterocycles. The molecule has 2 atom stereocenters. The van der Waals surface area contributed by atoms with E-state index in [1.807, 2.05) is 24.3 Å². The standard InChI is InChI=1S/C19H18O/c20-18(17-13-16(17)14-7-3-1-4-8-14)19(11-12-19)15-9-5-2-6-10-15/h1-10,16-17H,11-13H2/t16-,17+/m0/s1. The Balaban J connectivity index is 1.55. The molecular weight excluding hydrogens is 244 g/mol. The molecule has 0 spiro atoms. The van der Waals surface area contributed by atoms with Crippen molar-refractivity contribution in [1.29, 1.82) is 0 Å². The zero-order valence-corrected chi connectivity index (χ0v) is 11.5. The Kier molecular flexibility index (Phi) is 2.56. The van der Waals surface area contributed by atoms with E-state index in [0.29, 0.717) is 11.7 Å². The minimum absolute atomic E-state index is 0.143. The topological polar surface area (TPSA) is 17.1 Å². The highest BCUT2D eigenvalue weighted by Crippen LogP contribution is 2.58. The number of Topliss-reactive ketones (excluding diaryl/α,β-unsaturated/α-hetero) is 1. The van der Waals surface area contributed by atoms with Crippen molar-refractivity contribution in [2.45, 2.75) is 30.6 Å². The molecule has 0 N–H and O–H groups in total. The van der Waals surface area contributed by atoms with Gasteiger partial charge in [-0.3, -0.25) is 4.79 Å². The highest BCUT2D eigenvalue weighted by Gasteiger charge is 2.58. The van der Waals surface area contributed by atoms with Crippen LogP contribution in [0.2, 0.25) is 0 Å². The molecular formula is C19H18O. The van der Waals surface area contributed by atoms with E-state index in [-0.39, 0.29) is 11.3 Å². The Hall–Kier alpha value is -1.89. The minimum Gasteiger partial charge on any atom is -0.298 e. The third kappa shape index (κ3) is 1.81. The van der Waals surface area contributed by atoms with E-state index in [2.05, 4.69) is 36.4 Å². The summed E-state index contributed by atoms with van der Waals surface area (Å²) in [6.45, 7) is 0. The molecule has 20 heavy (non-hydrogen) atoms. The van der Waals surface area contributed by atoms with Gasteiger partial charge in [-0.1, -0.05) is 60.7 Å². The van der Waals surface area contributed by atoms with Gasteiger partial charge in [-0.2, -0.15) is 0 Å². The van der Waals surface area contributed by atoms with Gasteiger partial charge < -0.3 is 0 Å². The summed E-state index contributed by atoms with van der Waals surface area (Å²) in [5.74, 6) is 1.20. The average Bonchev–Trinajstić information content (AvgIpc) is 3.41. The number of carbonyl (C=O) groups excluding carboxylic acids is 1. The number of rotatable bonds is 4. The molecule has 4 rings (SSSR count). The first-order valence-electron chi connectivity index (χ1n) is 7.46. The first-order valence-corrected chi connectivity index (χ1v) is 7.46. The van der Waals surface area contributed by atoms with Gasteiger partial charge in [-0.05, 0) is 36.3 Å². The summed E-state index contributed by atoms with van der Waals surface area (Å²) in [7, 11) is 0. The maximum atomic E-state index is 12.9. The van der Waals surface area contributed by atoms with Crippen LogP contribution in [0, 0.1) is 5.92 Å². The molecule has 100 valence electrons. The van der Waals surface area contributed by atoms with E-state index in [9.17, 15) is 4.79 Å². The van der Waals surface area contributed by atoms with Crippen LogP contribution in [0.1, 0.15) is 36.3 Å². The summed E-state index contributed by atoms with van der Waals surface area (Å²) in [6.07, 6.45) is 3.11. The zero-order chi connectivity index (χ0) is 13.6. The molecule has 2 aliphatic carbocycles. The summed E-state index contributed by atoms with van der Waals surface area (Å²) in [5, 5.41) is 0. The summed E-state index contributed by atoms with van der Waals surface area (Å²) < 4.78 is 0. The summed E-state index contributed by atoms with van der Waals surface area (Å²) in [6, 6.07) is 20.8. The van der Waals surface area contributed by atoms with E-state index < -0.39 is 0 Å². The predicted octanol–water partition coefficient (Wildman–Crippen LogP) is 4.09. The molecule has 1 nitrogen and oxygen atoms in total. The second-order valence-corrected chi connectivity index (χ2v) is 6.17. The zero-order valence-electron chi connectivity index (χ0n) is 11.5. The monoisotopic (exact) mass is 262 g/mol. The van der Waals surface area contributed by atoms with Crippen LogP contribution >= 0.6 is 0 Å². The highest BCUT2D eigenvalue weighted by atomic mass is 16.1. The summed E-state index contributed by atoms with van der Waals surface area (Å²) >= 11 is 0. The van der Waals surface area contributed by atoms with Crippen LogP contribution in [0.3, 0.4) is 0 Å². The van der Waals surface area contributed by atoms with E-state index in [0.717, 1.165) is 19.3 Å². The molecule has 2 aromatic rings. The van der Waals surface area contributed by atoms with E-state index >= 15 is 0 Å². The van der Waals surface area contributed by atoms with Gasteiger partial charge in [0.1, 0.15) is 5.78 Å². The molecule has 2 saturated carbocycles. The Bertz CT molecular complexity index is 625. The van der Waals surface area contributed by atoms with Crippen LogP contribution < -0.4 is 0 Å². The average molecular weight is 262 g/mol. The van der Waals surface area contributed by atoms with Crippen molar-refractivity contribution in [3.05, 3.63) is 71.8 Å². The van der Waals surface area contributed by atoms with Gasteiger partial charge in [0.2, 0.25) is 0 Å². The van der Waals surface area contributed by atoms with Gasteiger partial charge in [0.05, 0.1) is 5.41 Å². The minimum atomic E-state index is -0.143. The lowest BCUT2D eigenvalue weighted by Crippen LogP contribution is -2.22. The highest BCUT2D eigenvalue weighted by molar-refractivity contribution is 5.97. The Morgan fingerprint density at radius 2 is 1.50 bits per heavy atom. The van der Waals surface area contributed by atoms with Crippen molar-refractivity contribution in [2.75, 3.05) is 0 Å². The normalized spacial score (nSPS) is 26.0. The molecule has 1 heteroatoms. The van der Waals surface area contributed by atoms with E-state index in [1.165, 1.54) is 11.1 Å². The van der Waals surface area contributed by atoms with E-state index in [1.54, 1.807) is 0 Å². The van der Waals surface area contributed by atoms with Crippen molar-refractivity contribution in [2.24, 2.45) is 5.92 Å². The molecule has 0 aliphatic heterocycles. The number of carbonyl (C=O) groups is 1. The molecule has 2 fully saturated rings. The Labute approximate surface area is 119 Å². The third-order valence-corrected chi connectivity index (χ3v) is 4.90. The van der Waals surface area contributed by atoms with Crippen LogP contribution in [0.4, 0.5) is 0 Å². The van der Waals surface area contributed by atoms with Gasteiger partial charge in [0.25, 0.3) is 0 Å². The third-order valence-electron chi connectivity index (χ3n) is 4.90. The first kappa shape index (κ1) is 11.9. The van der Waals surface area contributed by atoms with Gasteiger partial charge in [-0.15, -0.1) is 0 Å². The first-order chi connectivity index (χ1) is 9.81. The van der Waals surface area contributed by atoms with Gasteiger partial charge in [0, 0.05) is 5.92 Å². The van der Waals surface area contributed by atoms with Crippen LogP contribution in [0.5, 0.6) is 0 Å². The summed E-state index contributed by atoms with van der Waals surface area (Å²) in [4.78, 5) is 12.9. The van der Waals surface area contributed by atoms with Crippen molar-refractivity contribution in [3.8, 4) is 0 Å². The predicted molar refractivity (Wildman–Crippen MR) is 79.7 cm³/mol. The van der Waals surface area contributed by atoms with E-state index in [4.69, 9.17) is 0 Å². The fourth-order valence-corrected chi connectivity index (χ4v) is 3.47. The van der Waals surface area contributed by atoms with Crippen LogP contribution in [-0.2, 0) is 10.2 Å². The molecule has 0 bridgehead atoms. The maximum Gasteiger partial charge on any atom is 0.147 e. The fourth-order valence-electron chi connectivity index (χ4n) is 3.47. The number of hydrogen-bond acceptors (Lipinski definition) is 1. The van der Waals surface area contributed by atoms with Crippen LogP contribution in [-0.4, -0.2) is 5.78 Å². The molecule has 2 aliphatic rings. The lowest BCUT2D eigenvalue weighted by Gasteiger charge is -2.14. The molecule has 0 amide bonds. The number of hydrogen-bond donors (Lipinski definition) is 0. The second kappa shape index (κ2) is 4.31.